The van der Waals surface area contributed by atoms with Crippen molar-refractivity contribution in [3.63, 3.8) is 0 Å². The van der Waals surface area contributed by atoms with E-state index >= 15 is 0 Å². The first-order valence-corrected chi connectivity index (χ1v) is 23.8. The fraction of sp³-hybridized carbons (Fsp3) is 0.279. The molecule has 0 bridgehead atoms. The van der Waals surface area contributed by atoms with Crippen LogP contribution in [0.3, 0.4) is 0 Å². The van der Waals surface area contributed by atoms with Crippen LogP contribution in [0.5, 0.6) is 0 Å². The van der Waals surface area contributed by atoms with Gasteiger partial charge in [-0.15, -0.1) is 0 Å². The second-order valence-electron chi connectivity index (χ2n) is 22.9. The predicted octanol–water partition coefficient (Wildman–Crippen LogP) is 15.9. The highest BCUT2D eigenvalue weighted by molar-refractivity contribution is 6.94. The molecule has 0 unspecified atom stereocenters. The third-order valence-corrected chi connectivity index (χ3v) is 15.7. The summed E-state index contributed by atoms with van der Waals surface area (Å²) < 4.78 is 7.13. The molecule has 0 fully saturated rings. The molecule has 1 aromatic heterocycles. The lowest BCUT2D eigenvalue weighted by Gasteiger charge is -2.46. The van der Waals surface area contributed by atoms with E-state index < -0.39 is 0 Å². The highest BCUT2D eigenvalue weighted by Crippen LogP contribution is 2.53. The van der Waals surface area contributed by atoms with Gasteiger partial charge in [0.15, 0.2) is 0 Å². The maximum Gasteiger partial charge on any atom is 0.333 e. The van der Waals surface area contributed by atoms with Crippen molar-refractivity contribution in [2.24, 2.45) is 0 Å². The Bertz CT molecular complexity index is 3480. The van der Waals surface area contributed by atoms with E-state index in [0.29, 0.717) is 0 Å². The van der Waals surface area contributed by atoms with Crippen molar-refractivity contribution in [1.82, 2.24) is 0 Å². The maximum absolute atomic E-state index is 7.13. The van der Waals surface area contributed by atoms with Crippen molar-refractivity contribution >= 4 is 89.7 Å². The summed E-state index contributed by atoms with van der Waals surface area (Å²) in [6.45, 7) is 25.7. The van der Waals surface area contributed by atoms with Crippen LogP contribution in [-0.2, 0) is 21.7 Å². The molecule has 0 atom stereocenters. The molecule has 65 heavy (non-hydrogen) atoms. The van der Waals surface area contributed by atoms with Crippen LogP contribution in [0.1, 0.15) is 110 Å². The first kappa shape index (κ1) is 40.3. The number of furan rings is 1. The number of fused-ring (bicyclic) bond motifs is 12. The first-order chi connectivity index (χ1) is 30.9. The first-order valence-electron chi connectivity index (χ1n) is 23.8. The number of benzene rings is 8. The van der Waals surface area contributed by atoms with Crippen LogP contribution >= 0.6 is 0 Å². The Morgan fingerprint density at radius 2 is 1.14 bits per heavy atom. The minimum atomic E-state index is -0.137. The second-order valence-corrected chi connectivity index (χ2v) is 22.9. The normalized spacial score (nSPS) is 16.3. The minimum Gasteiger partial charge on any atom is -0.456 e. The van der Waals surface area contributed by atoms with Crippen LogP contribution in [0, 0.1) is 6.92 Å². The van der Waals surface area contributed by atoms with Crippen molar-refractivity contribution in [3.05, 3.63) is 161 Å². The topological polar surface area (TPSA) is 19.6 Å². The Balaban J connectivity index is 1.25. The van der Waals surface area contributed by atoms with Gasteiger partial charge in [-0.1, -0.05) is 154 Å². The van der Waals surface area contributed by atoms with Crippen molar-refractivity contribution in [1.29, 1.82) is 0 Å². The van der Waals surface area contributed by atoms with Gasteiger partial charge in [-0.2, -0.15) is 0 Å². The lowest BCUT2D eigenvalue weighted by atomic mass is 9.43. The molecule has 322 valence electrons. The summed E-state index contributed by atoms with van der Waals surface area (Å²) >= 11 is 0. The van der Waals surface area contributed by atoms with Crippen molar-refractivity contribution in [2.45, 2.75) is 111 Å². The molecule has 0 radical (unpaired) electrons. The zero-order valence-electron chi connectivity index (χ0n) is 40.0. The summed E-state index contributed by atoms with van der Waals surface area (Å²) in [6.07, 6.45) is 2.33. The molecule has 0 N–H and O–H groups in total. The molecule has 3 nitrogen and oxygen atoms in total. The zero-order chi connectivity index (χ0) is 45.1. The lowest BCUT2D eigenvalue weighted by Crippen LogP contribution is -2.61. The van der Waals surface area contributed by atoms with Crippen LogP contribution in [0.4, 0.5) is 28.4 Å². The summed E-state index contributed by atoms with van der Waals surface area (Å²) in [4.78, 5) is 5.28. The fourth-order valence-corrected chi connectivity index (χ4v) is 11.8. The van der Waals surface area contributed by atoms with Crippen molar-refractivity contribution in [3.8, 4) is 11.1 Å². The van der Waals surface area contributed by atoms with E-state index in [9.17, 15) is 0 Å². The van der Waals surface area contributed by atoms with E-state index in [2.05, 4.69) is 219 Å². The van der Waals surface area contributed by atoms with Gasteiger partial charge in [0.25, 0.3) is 0 Å². The highest BCUT2D eigenvalue weighted by atomic mass is 16.3. The Kier molecular flexibility index (Phi) is 8.31. The van der Waals surface area contributed by atoms with Gasteiger partial charge in [0.1, 0.15) is 11.2 Å². The molecule has 1 aliphatic carbocycles. The fourth-order valence-electron chi connectivity index (χ4n) is 11.8. The third-order valence-electron chi connectivity index (χ3n) is 15.7. The van der Waals surface area contributed by atoms with Crippen molar-refractivity contribution in [2.75, 3.05) is 9.71 Å². The van der Waals surface area contributed by atoms with E-state index in [1.807, 2.05) is 0 Å². The molecule has 9 aromatic rings. The van der Waals surface area contributed by atoms with E-state index in [1.54, 1.807) is 0 Å². The average molecular weight is 847 g/mol. The maximum atomic E-state index is 7.13. The van der Waals surface area contributed by atoms with Gasteiger partial charge < -0.3 is 14.1 Å². The van der Waals surface area contributed by atoms with Crippen LogP contribution in [-0.4, -0.2) is 6.85 Å². The summed E-state index contributed by atoms with van der Waals surface area (Å²) in [5.41, 5.74) is 20.1. The number of anilines is 5. The van der Waals surface area contributed by atoms with Gasteiger partial charge in [0, 0.05) is 50.5 Å². The van der Waals surface area contributed by atoms with Crippen LogP contribution < -0.4 is 20.6 Å². The average Bonchev–Trinajstić information content (AvgIpc) is 3.63. The van der Waals surface area contributed by atoms with Crippen LogP contribution in [0.2, 0.25) is 0 Å². The minimum absolute atomic E-state index is 0.0172. The summed E-state index contributed by atoms with van der Waals surface area (Å²) in [6, 6.07) is 51.6. The molecule has 3 aliphatic rings. The van der Waals surface area contributed by atoms with E-state index in [0.717, 1.165) is 23.3 Å². The third kappa shape index (κ3) is 5.88. The molecule has 8 aromatic carbocycles. The quantitative estimate of drug-likeness (QED) is 0.162. The SMILES string of the molecule is Cc1cc(C(C)(C)C)ccc1N1c2cc3oc4cc5c(cc4c3cc2B2c3c(cc4ccccc4c31)-c1c(ccc3ccccc13)N2c1ccc(C(C)(C)C)cc1)C(C)(C)CCC5(C)C. The standard InChI is InChI=1S/C61H59BN2O/c1-36-30-40(59(5,6)7)23-27-50(36)63-52-35-54-45(44-32-47-48(34-53(44)65-54)61(10,11)29-28-60(47,8)9)33-49(52)62-56-46(31-38-17-13-15-19-43(38)57(56)63)55-42-18-14-12-16-37(42)20-26-51(55)64(62)41-24-21-39(22-25-41)58(2,3)4/h12-27,30-35H,28-29H2,1-11H3. The smallest absolute Gasteiger partial charge is 0.333 e. The molecule has 0 saturated carbocycles. The molecule has 0 spiro atoms. The Morgan fingerprint density at radius 3 is 1.83 bits per heavy atom. The van der Waals surface area contributed by atoms with Gasteiger partial charge in [0.05, 0.1) is 5.69 Å². The van der Waals surface area contributed by atoms with E-state index in [4.69, 9.17) is 4.42 Å². The van der Waals surface area contributed by atoms with E-state index in [1.165, 1.54) is 111 Å². The number of aryl methyl sites for hydroxylation is 1. The Morgan fingerprint density at radius 1 is 0.538 bits per heavy atom. The predicted molar refractivity (Wildman–Crippen MR) is 280 cm³/mol. The molecule has 0 amide bonds. The summed E-state index contributed by atoms with van der Waals surface area (Å²) in [5.74, 6) is 0. The molecular weight excluding hydrogens is 787 g/mol. The van der Waals surface area contributed by atoms with Gasteiger partial charge in [-0.3, -0.25) is 0 Å². The number of nitrogens with zero attached hydrogens (tertiary/aromatic N) is 2. The largest absolute Gasteiger partial charge is 0.456 e. The molecule has 12 rings (SSSR count). The molecule has 0 saturated heterocycles. The summed E-state index contributed by atoms with van der Waals surface area (Å²) in [7, 11) is 0. The molecule has 2 aliphatic heterocycles. The van der Waals surface area contributed by atoms with Gasteiger partial charge >= 0.3 is 6.85 Å². The van der Waals surface area contributed by atoms with Gasteiger partial charge in [0.2, 0.25) is 0 Å². The lowest BCUT2D eigenvalue weighted by molar-refractivity contribution is 0.332. The van der Waals surface area contributed by atoms with Crippen LogP contribution in [0.15, 0.2) is 138 Å². The van der Waals surface area contributed by atoms with Gasteiger partial charge in [-0.05, 0) is 144 Å². The van der Waals surface area contributed by atoms with E-state index in [-0.39, 0.29) is 28.5 Å². The van der Waals surface area contributed by atoms with Crippen molar-refractivity contribution < 1.29 is 4.42 Å². The monoisotopic (exact) mass is 846 g/mol. The number of rotatable bonds is 2. The molecular formula is C61H59BN2O. The van der Waals surface area contributed by atoms with Crippen LogP contribution in [0.25, 0.3) is 54.6 Å². The summed E-state index contributed by atoms with van der Waals surface area (Å²) in [5, 5.41) is 7.38. The highest BCUT2D eigenvalue weighted by Gasteiger charge is 2.47. The van der Waals surface area contributed by atoms with Gasteiger partial charge in [-0.25, -0.2) is 0 Å². The Labute approximate surface area is 385 Å². The second kappa shape index (κ2) is 13.4. The zero-order valence-corrected chi connectivity index (χ0v) is 40.0. The number of hydrogen-bond donors (Lipinski definition) is 0. The molecule has 4 heteroatoms. The molecule has 3 heterocycles. The number of hydrogen-bond acceptors (Lipinski definition) is 3. The Hall–Kier alpha value is -6.26.